The van der Waals surface area contributed by atoms with Crippen LogP contribution in [-0.4, -0.2) is 35.8 Å². The van der Waals surface area contributed by atoms with Crippen molar-refractivity contribution in [2.45, 2.75) is 40.2 Å². The second-order valence-electron chi connectivity index (χ2n) is 5.05. The van der Waals surface area contributed by atoms with E-state index in [2.05, 4.69) is 0 Å². The molecule has 0 aromatic rings. The highest BCUT2D eigenvalue weighted by Gasteiger charge is 2.25. The average molecular weight is 229 g/mol. The lowest BCUT2D eigenvalue weighted by Gasteiger charge is -2.28. The zero-order chi connectivity index (χ0) is 12.9. The predicted octanol–water partition coefficient (Wildman–Crippen LogP) is 0.0837. The average Bonchev–Trinajstić information content (AvgIpc) is 2.11. The smallest absolute Gasteiger partial charge is 0.237 e. The first-order valence-corrected chi connectivity index (χ1v) is 5.50. The van der Waals surface area contributed by atoms with E-state index in [1.165, 1.54) is 4.90 Å². The van der Waals surface area contributed by atoms with Gasteiger partial charge in [0.1, 0.15) is 0 Å². The molecule has 4 N–H and O–H groups in total. The van der Waals surface area contributed by atoms with Crippen molar-refractivity contribution in [3.8, 4) is 0 Å². The lowest BCUT2D eigenvalue weighted by Crippen LogP contribution is -2.44. The summed E-state index contributed by atoms with van der Waals surface area (Å²) < 4.78 is 0. The Balaban J connectivity index is 4.37. The molecule has 0 heterocycles. The lowest BCUT2D eigenvalue weighted by molar-refractivity contribution is -0.135. The molecule has 0 aliphatic carbocycles. The Morgan fingerprint density at radius 3 is 2.12 bits per heavy atom. The molecule has 0 radical (unpaired) electrons. The van der Waals surface area contributed by atoms with E-state index in [0.29, 0.717) is 6.54 Å². The van der Waals surface area contributed by atoms with Crippen LogP contribution in [-0.2, 0) is 9.59 Å². The van der Waals surface area contributed by atoms with Gasteiger partial charge in [-0.3, -0.25) is 9.59 Å². The molecular weight excluding hydrogens is 206 g/mol. The third kappa shape index (κ3) is 5.11. The second kappa shape index (κ2) is 5.84. The van der Waals surface area contributed by atoms with E-state index < -0.39 is 5.91 Å². The molecular formula is C11H23N3O2. The molecule has 0 spiro atoms. The van der Waals surface area contributed by atoms with Crippen LogP contribution in [0.4, 0.5) is 0 Å². The first-order valence-electron chi connectivity index (χ1n) is 5.50. The fraction of sp³-hybridized carbons (Fsp3) is 0.818. The monoisotopic (exact) mass is 229 g/mol. The fourth-order valence-corrected chi connectivity index (χ4v) is 1.19. The molecule has 0 bridgehead atoms. The van der Waals surface area contributed by atoms with Crippen molar-refractivity contribution < 1.29 is 9.59 Å². The molecule has 0 fully saturated rings. The molecule has 5 nitrogen and oxygen atoms in total. The Kier molecular flexibility index (Phi) is 5.44. The van der Waals surface area contributed by atoms with E-state index in [0.717, 1.165) is 0 Å². The number of primary amides is 1. The van der Waals surface area contributed by atoms with Gasteiger partial charge in [0.25, 0.3) is 0 Å². The number of rotatable bonds is 5. The summed E-state index contributed by atoms with van der Waals surface area (Å²) in [6.07, 6.45) is 0.241. The van der Waals surface area contributed by atoms with Gasteiger partial charge in [0, 0.05) is 19.0 Å². The Hall–Kier alpha value is -1.10. The van der Waals surface area contributed by atoms with Crippen molar-refractivity contribution in [2.24, 2.45) is 16.9 Å². The maximum Gasteiger partial charge on any atom is 0.237 e. The zero-order valence-corrected chi connectivity index (χ0v) is 10.6. The highest BCUT2D eigenvalue weighted by Crippen LogP contribution is 2.20. The quantitative estimate of drug-likeness (QED) is 0.699. The summed E-state index contributed by atoms with van der Waals surface area (Å²) in [7, 11) is 0. The lowest BCUT2D eigenvalue weighted by atomic mass is 9.85. The third-order valence-corrected chi connectivity index (χ3v) is 2.59. The van der Waals surface area contributed by atoms with Crippen LogP contribution in [0.1, 0.15) is 34.1 Å². The zero-order valence-electron chi connectivity index (χ0n) is 10.6. The number of nitrogens with two attached hydrogens (primary N) is 2. The highest BCUT2D eigenvalue weighted by molar-refractivity contribution is 5.84. The van der Waals surface area contributed by atoms with Gasteiger partial charge in [-0.1, -0.05) is 20.8 Å². The molecule has 16 heavy (non-hydrogen) atoms. The maximum absolute atomic E-state index is 11.8. The molecule has 0 aromatic heterocycles. The summed E-state index contributed by atoms with van der Waals surface area (Å²) in [5.41, 5.74) is 10.8. The third-order valence-electron chi connectivity index (χ3n) is 2.59. The summed E-state index contributed by atoms with van der Waals surface area (Å²) in [4.78, 5) is 24.0. The van der Waals surface area contributed by atoms with Gasteiger partial charge < -0.3 is 16.4 Å². The summed E-state index contributed by atoms with van der Waals surface area (Å²) in [6.45, 7) is 8.19. The van der Waals surface area contributed by atoms with Crippen LogP contribution in [0.5, 0.6) is 0 Å². The van der Waals surface area contributed by atoms with E-state index in [1.807, 2.05) is 27.7 Å². The van der Waals surface area contributed by atoms with Crippen LogP contribution in [0.2, 0.25) is 0 Å². The van der Waals surface area contributed by atoms with Gasteiger partial charge in [-0.15, -0.1) is 0 Å². The molecule has 0 rings (SSSR count). The van der Waals surface area contributed by atoms with Crippen LogP contribution in [0.25, 0.3) is 0 Å². The highest BCUT2D eigenvalue weighted by atomic mass is 16.2. The van der Waals surface area contributed by atoms with Crippen molar-refractivity contribution in [1.82, 2.24) is 4.90 Å². The molecule has 0 aromatic carbocycles. The topological polar surface area (TPSA) is 89.4 Å². The van der Waals surface area contributed by atoms with Gasteiger partial charge in [-0.2, -0.15) is 0 Å². The number of nitrogens with zero attached hydrogens (tertiary/aromatic N) is 1. The van der Waals surface area contributed by atoms with Gasteiger partial charge in [0.15, 0.2) is 0 Å². The van der Waals surface area contributed by atoms with Gasteiger partial charge >= 0.3 is 0 Å². The Labute approximate surface area is 97.2 Å². The predicted molar refractivity (Wildman–Crippen MR) is 63.5 cm³/mol. The Bertz CT molecular complexity index is 258. The number of hydrogen-bond acceptors (Lipinski definition) is 3. The molecule has 0 saturated heterocycles. The van der Waals surface area contributed by atoms with Gasteiger partial charge in [-0.05, 0) is 12.3 Å². The van der Waals surface area contributed by atoms with Crippen molar-refractivity contribution in [3.05, 3.63) is 0 Å². The first-order chi connectivity index (χ1) is 7.18. The number of amides is 2. The second-order valence-corrected chi connectivity index (χ2v) is 5.05. The van der Waals surface area contributed by atoms with Crippen LogP contribution in [0.15, 0.2) is 0 Å². The van der Waals surface area contributed by atoms with Crippen molar-refractivity contribution in [3.63, 3.8) is 0 Å². The SMILES string of the molecule is CCN(CC(N)=O)C(=O)CC(N)C(C)(C)C. The first kappa shape index (κ1) is 14.9. The minimum atomic E-state index is -0.500. The molecule has 0 aliphatic heterocycles. The summed E-state index contributed by atoms with van der Waals surface area (Å²) in [5.74, 6) is -0.622. The van der Waals surface area contributed by atoms with Gasteiger partial charge in [-0.25, -0.2) is 0 Å². The van der Waals surface area contributed by atoms with Crippen molar-refractivity contribution >= 4 is 11.8 Å². The summed E-state index contributed by atoms with van der Waals surface area (Å²) in [5, 5.41) is 0. The van der Waals surface area contributed by atoms with E-state index >= 15 is 0 Å². The van der Waals surface area contributed by atoms with Crippen LogP contribution < -0.4 is 11.5 Å². The fourth-order valence-electron chi connectivity index (χ4n) is 1.19. The standard InChI is InChI=1S/C11H23N3O2/c1-5-14(7-9(13)15)10(16)6-8(12)11(2,3)4/h8H,5-7,12H2,1-4H3,(H2,13,15). The normalized spacial score (nSPS) is 13.3. The molecule has 1 atom stereocenters. The number of likely N-dealkylation sites (N-methyl/N-ethyl adjacent to an activating group) is 1. The van der Waals surface area contributed by atoms with Crippen LogP contribution in [0.3, 0.4) is 0 Å². The van der Waals surface area contributed by atoms with Crippen molar-refractivity contribution in [2.75, 3.05) is 13.1 Å². The molecule has 5 heteroatoms. The van der Waals surface area contributed by atoms with E-state index in [1.54, 1.807) is 0 Å². The minimum Gasteiger partial charge on any atom is -0.368 e. The molecule has 0 aliphatic rings. The summed E-state index contributed by atoms with van der Waals surface area (Å²) in [6, 6.07) is -0.220. The van der Waals surface area contributed by atoms with E-state index in [9.17, 15) is 9.59 Å². The maximum atomic E-state index is 11.8. The van der Waals surface area contributed by atoms with Gasteiger partial charge in [0.2, 0.25) is 11.8 Å². The van der Waals surface area contributed by atoms with E-state index in [4.69, 9.17) is 11.5 Å². The van der Waals surface area contributed by atoms with E-state index in [-0.39, 0.29) is 30.3 Å². The molecule has 2 amide bonds. The molecule has 94 valence electrons. The number of carbonyl (C=O) groups is 2. The van der Waals surface area contributed by atoms with Crippen LogP contribution >= 0.6 is 0 Å². The molecule has 0 saturated carbocycles. The number of hydrogen-bond donors (Lipinski definition) is 2. The Morgan fingerprint density at radius 1 is 1.31 bits per heavy atom. The minimum absolute atomic E-state index is 0.0355. The van der Waals surface area contributed by atoms with Gasteiger partial charge in [0.05, 0.1) is 6.54 Å². The van der Waals surface area contributed by atoms with Crippen molar-refractivity contribution in [1.29, 1.82) is 0 Å². The van der Waals surface area contributed by atoms with Crippen LogP contribution in [0, 0.1) is 5.41 Å². The molecule has 1 unspecified atom stereocenters. The number of carbonyl (C=O) groups excluding carboxylic acids is 2. The summed E-state index contributed by atoms with van der Waals surface area (Å²) >= 11 is 0. The Morgan fingerprint density at radius 2 is 1.81 bits per heavy atom. The largest absolute Gasteiger partial charge is 0.368 e.